The fourth-order valence-corrected chi connectivity index (χ4v) is 5.59. The van der Waals surface area contributed by atoms with Crippen LogP contribution in [-0.2, 0) is 27.9 Å². The number of ether oxygens (including phenoxy) is 2. The third-order valence-electron chi connectivity index (χ3n) is 7.64. The summed E-state index contributed by atoms with van der Waals surface area (Å²) in [6.07, 6.45) is 31.3. The van der Waals surface area contributed by atoms with Crippen molar-refractivity contribution in [2.45, 2.75) is 167 Å². The Kier molecular flexibility index (Phi) is 33.0. The molecule has 3 unspecified atom stereocenters. The second kappa shape index (κ2) is 33.8. The lowest BCUT2D eigenvalue weighted by molar-refractivity contribution is -0.154. The van der Waals surface area contributed by atoms with Gasteiger partial charge in [0.2, 0.25) is 0 Å². The Bertz CT molecular complexity index is 775. The van der Waals surface area contributed by atoms with Crippen molar-refractivity contribution in [2.75, 3.05) is 33.0 Å². The standard InChI is InChI=1S/C36H69O9P/c1-3-5-7-9-11-13-15-16-17-18-19-20-22-24-26-28-36(39)45-35(33-44-46(40,41)43-31-34(38)30-37)32-42-29-27-25-23-21-14-12-10-8-6-4-2/h11,13,16-17,34-35,37-38H,3-10,12,14-15,18-33H2,1-2H3,(H,40,41)/b13-11-,17-16-. The smallest absolute Gasteiger partial charge is 0.457 e. The van der Waals surface area contributed by atoms with Crippen LogP contribution in [-0.4, -0.2) is 66.3 Å². The van der Waals surface area contributed by atoms with E-state index in [4.69, 9.17) is 23.6 Å². The molecule has 0 aliphatic carbocycles. The summed E-state index contributed by atoms with van der Waals surface area (Å²) in [5.41, 5.74) is 0. The van der Waals surface area contributed by atoms with Crippen LogP contribution in [0.15, 0.2) is 24.3 Å². The van der Waals surface area contributed by atoms with Crippen molar-refractivity contribution in [3.63, 3.8) is 0 Å². The number of hydrogen-bond acceptors (Lipinski definition) is 8. The quantitative estimate of drug-likeness (QED) is 0.0260. The fourth-order valence-electron chi connectivity index (χ4n) is 4.80. The van der Waals surface area contributed by atoms with Crippen molar-refractivity contribution in [1.82, 2.24) is 0 Å². The number of hydrogen-bond donors (Lipinski definition) is 3. The lowest BCUT2D eigenvalue weighted by atomic mass is 10.1. The second-order valence-corrected chi connectivity index (χ2v) is 13.7. The number of rotatable bonds is 35. The van der Waals surface area contributed by atoms with Gasteiger partial charge in [0.25, 0.3) is 0 Å². The van der Waals surface area contributed by atoms with Crippen LogP contribution in [0.3, 0.4) is 0 Å². The minimum absolute atomic E-state index is 0.0462. The Balaban J connectivity index is 4.27. The molecular formula is C36H69O9P. The van der Waals surface area contributed by atoms with Crippen molar-refractivity contribution < 1.29 is 43.0 Å². The third-order valence-corrected chi connectivity index (χ3v) is 8.59. The molecule has 0 saturated heterocycles. The number of phosphoric ester groups is 1. The highest BCUT2D eigenvalue weighted by molar-refractivity contribution is 7.47. The van der Waals surface area contributed by atoms with Gasteiger partial charge in [-0.05, 0) is 44.9 Å². The van der Waals surface area contributed by atoms with Crippen molar-refractivity contribution >= 4 is 13.8 Å². The van der Waals surface area contributed by atoms with Crippen LogP contribution in [0.25, 0.3) is 0 Å². The Hall–Kier alpha value is -1.06. The molecule has 0 bridgehead atoms. The molecule has 0 aromatic rings. The largest absolute Gasteiger partial charge is 0.472 e. The number of esters is 1. The first kappa shape index (κ1) is 44.9. The molecule has 272 valence electrons. The molecule has 0 spiro atoms. The van der Waals surface area contributed by atoms with Crippen LogP contribution >= 0.6 is 7.82 Å². The molecule has 0 rings (SSSR count). The lowest BCUT2D eigenvalue weighted by Gasteiger charge is -2.20. The van der Waals surface area contributed by atoms with Crippen LogP contribution in [0, 0.1) is 0 Å². The van der Waals surface area contributed by atoms with Crippen molar-refractivity contribution in [3.05, 3.63) is 24.3 Å². The van der Waals surface area contributed by atoms with Crippen LogP contribution in [0.4, 0.5) is 0 Å². The third kappa shape index (κ3) is 32.9. The normalized spacial score (nSPS) is 14.6. The predicted molar refractivity (Wildman–Crippen MR) is 187 cm³/mol. The van der Waals surface area contributed by atoms with Gasteiger partial charge in [0.1, 0.15) is 12.2 Å². The minimum Gasteiger partial charge on any atom is -0.457 e. The van der Waals surface area contributed by atoms with E-state index in [-0.39, 0.29) is 19.6 Å². The molecule has 0 aliphatic rings. The summed E-state index contributed by atoms with van der Waals surface area (Å²) < 4.78 is 33.1. The van der Waals surface area contributed by atoms with E-state index in [0.29, 0.717) is 13.0 Å². The van der Waals surface area contributed by atoms with Crippen molar-refractivity contribution in [3.8, 4) is 0 Å². The number of aliphatic hydroxyl groups excluding tert-OH is 2. The number of aliphatic hydroxyl groups is 2. The van der Waals surface area contributed by atoms with E-state index < -0.39 is 39.2 Å². The average molecular weight is 677 g/mol. The summed E-state index contributed by atoms with van der Waals surface area (Å²) >= 11 is 0. The van der Waals surface area contributed by atoms with Gasteiger partial charge in [-0.1, -0.05) is 128 Å². The van der Waals surface area contributed by atoms with Crippen molar-refractivity contribution in [1.29, 1.82) is 0 Å². The van der Waals surface area contributed by atoms with Crippen LogP contribution in [0.1, 0.15) is 155 Å². The number of carbonyl (C=O) groups is 1. The molecule has 0 amide bonds. The average Bonchev–Trinajstić information content (AvgIpc) is 3.04. The number of phosphoric acid groups is 1. The van der Waals surface area contributed by atoms with Gasteiger partial charge in [-0.3, -0.25) is 13.8 Å². The lowest BCUT2D eigenvalue weighted by Crippen LogP contribution is -2.29. The zero-order valence-electron chi connectivity index (χ0n) is 29.3. The molecule has 10 heteroatoms. The molecule has 0 aromatic heterocycles. The maximum absolute atomic E-state index is 12.5. The maximum Gasteiger partial charge on any atom is 0.472 e. The molecule has 0 radical (unpaired) electrons. The van der Waals surface area contributed by atoms with Crippen LogP contribution < -0.4 is 0 Å². The summed E-state index contributed by atoms with van der Waals surface area (Å²) in [4.78, 5) is 22.4. The maximum atomic E-state index is 12.5. The predicted octanol–water partition coefficient (Wildman–Crippen LogP) is 9.14. The molecule has 0 aliphatic heterocycles. The Morgan fingerprint density at radius 3 is 1.78 bits per heavy atom. The molecule has 0 saturated carbocycles. The van der Waals surface area contributed by atoms with Gasteiger partial charge in [0.05, 0.1) is 26.4 Å². The molecule has 46 heavy (non-hydrogen) atoms. The van der Waals surface area contributed by atoms with E-state index in [1.807, 2.05) is 0 Å². The SMILES string of the molecule is CCCCC/C=C\C/C=C\CCCCCCCC(=O)OC(COCCCCCCCCCCCC)COP(=O)(O)OCC(O)CO. The number of carbonyl (C=O) groups excluding carboxylic acids is 1. The molecule has 9 nitrogen and oxygen atoms in total. The van der Waals surface area contributed by atoms with Crippen LogP contribution in [0.2, 0.25) is 0 Å². The minimum atomic E-state index is -4.51. The molecule has 3 N–H and O–H groups in total. The van der Waals surface area contributed by atoms with Gasteiger partial charge < -0.3 is 24.6 Å². The summed E-state index contributed by atoms with van der Waals surface area (Å²) in [7, 11) is -4.51. The number of allylic oxidation sites excluding steroid dienone is 4. The highest BCUT2D eigenvalue weighted by Gasteiger charge is 2.26. The van der Waals surface area contributed by atoms with E-state index in [1.165, 1.54) is 70.6 Å². The summed E-state index contributed by atoms with van der Waals surface area (Å²) in [5.74, 6) is -0.397. The summed E-state index contributed by atoms with van der Waals surface area (Å²) in [5, 5.41) is 18.2. The molecule has 3 atom stereocenters. The van der Waals surface area contributed by atoms with Gasteiger partial charge in [0.15, 0.2) is 0 Å². The fraction of sp³-hybridized carbons (Fsp3) is 0.861. The van der Waals surface area contributed by atoms with E-state index in [0.717, 1.165) is 57.8 Å². The van der Waals surface area contributed by atoms with Gasteiger partial charge in [-0.2, -0.15) is 0 Å². The monoisotopic (exact) mass is 676 g/mol. The molecule has 0 heterocycles. The van der Waals surface area contributed by atoms with Gasteiger partial charge in [0, 0.05) is 13.0 Å². The van der Waals surface area contributed by atoms with Crippen LogP contribution in [0.5, 0.6) is 0 Å². The first-order valence-electron chi connectivity index (χ1n) is 18.3. The number of unbranched alkanes of at least 4 members (excludes halogenated alkanes) is 17. The highest BCUT2D eigenvalue weighted by Crippen LogP contribution is 2.43. The van der Waals surface area contributed by atoms with Gasteiger partial charge >= 0.3 is 13.8 Å². The van der Waals surface area contributed by atoms with E-state index in [2.05, 4.69) is 38.2 Å². The van der Waals surface area contributed by atoms with Crippen molar-refractivity contribution in [2.24, 2.45) is 0 Å². The Morgan fingerprint density at radius 1 is 0.674 bits per heavy atom. The highest BCUT2D eigenvalue weighted by atomic mass is 31.2. The topological polar surface area (TPSA) is 132 Å². The van der Waals surface area contributed by atoms with E-state index >= 15 is 0 Å². The summed E-state index contributed by atoms with van der Waals surface area (Å²) in [6.45, 7) is 3.45. The molecule has 0 fully saturated rings. The Morgan fingerprint density at radius 2 is 1.17 bits per heavy atom. The first-order chi connectivity index (χ1) is 22.3. The zero-order chi connectivity index (χ0) is 34.0. The Labute approximate surface area is 281 Å². The summed E-state index contributed by atoms with van der Waals surface area (Å²) in [6, 6.07) is 0. The molecule has 0 aromatic carbocycles. The first-order valence-corrected chi connectivity index (χ1v) is 19.8. The zero-order valence-corrected chi connectivity index (χ0v) is 30.2. The molecular weight excluding hydrogens is 607 g/mol. The van der Waals surface area contributed by atoms with E-state index in [9.17, 15) is 19.4 Å². The van der Waals surface area contributed by atoms with Gasteiger partial charge in [-0.15, -0.1) is 0 Å². The van der Waals surface area contributed by atoms with E-state index in [1.54, 1.807) is 0 Å². The van der Waals surface area contributed by atoms with Gasteiger partial charge in [-0.25, -0.2) is 4.57 Å². The second-order valence-electron chi connectivity index (χ2n) is 12.2.